The van der Waals surface area contributed by atoms with E-state index in [0.29, 0.717) is 23.7 Å². The van der Waals surface area contributed by atoms with Crippen molar-refractivity contribution in [2.75, 3.05) is 20.1 Å². The number of β-amino-alcohol motifs (C(OH)–C–C–N with tert-alkyl or cyclic N) is 1. The van der Waals surface area contributed by atoms with Gasteiger partial charge in [0.2, 0.25) is 0 Å². The summed E-state index contributed by atoms with van der Waals surface area (Å²) in [6.45, 7) is 1.12. The van der Waals surface area contributed by atoms with Crippen LogP contribution in [0.2, 0.25) is 5.02 Å². The van der Waals surface area contributed by atoms with Crippen LogP contribution in [-0.4, -0.2) is 48.2 Å². The number of nitrogens with one attached hydrogen (secondary N) is 1. The highest BCUT2D eigenvalue weighted by Gasteiger charge is 2.31. The summed E-state index contributed by atoms with van der Waals surface area (Å²) in [5.74, 6) is -0.142. The van der Waals surface area contributed by atoms with Crippen LogP contribution in [0.5, 0.6) is 0 Å². The van der Waals surface area contributed by atoms with E-state index in [4.69, 9.17) is 11.6 Å². The van der Waals surface area contributed by atoms with Gasteiger partial charge in [-0.25, -0.2) is 0 Å². The number of rotatable bonds is 2. The Balaban J connectivity index is 2.17. The maximum absolute atomic E-state index is 12.3. The predicted molar refractivity (Wildman–Crippen MR) is 73.9 cm³/mol. The Kier molecular flexibility index (Phi) is 4.27. The van der Waals surface area contributed by atoms with Crippen LogP contribution in [-0.2, 0) is 0 Å². The van der Waals surface area contributed by atoms with Crippen molar-refractivity contribution in [1.29, 1.82) is 0 Å². The minimum absolute atomic E-state index is 0.142. The van der Waals surface area contributed by atoms with Crippen LogP contribution in [0.15, 0.2) is 22.7 Å². The summed E-state index contributed by atoms with van der Waals surface area (Å²) < 4.78 is 0.755. The molecule has 6 heteroatoms. The van der Waals surface area contributed by atoms with Gasteiger partial charge in [-0.3, -0.25) is 4.79 Å². The molecule has 2 N–H and O–H groups in total. The zero-order valence-electron chi connectivity index (χ0n) is 9.86. The first-order valence-electron chi connectivity index (χ1n) is 5.61. The number of halogens is 2. The number of nitrogens with zero attached hydrogens (tertiary/aromatic N) is 1. The van der Waals surface area contributed by atoms with Crippen molar-refractivity contribution in [3.8, 4) is 0 Å². The van der Waals surface area contributed by atoms with Gasteiger partial charge in [-0.2, -0.15) is 0 Å². The van der Waals surface area contributed by atoms with Gasteiger partial charge < -0.3 is 15.3 Å². The first-order chi connectivity index (χ1) is 8.50. The highest BCUT2D eigenvalue weighted by Crippen LogP contribution is 2.24. The third-order valence-corrected chi connectivity index (χ3v) is 4.37. The number of likely N-dealkylation sites (N-methyl/N-ethyl adjacent to an activating group) is 1. The molecular formula is C12H14BrClN2O2. The molecule has 1 aromatic rings. The van der Waals surface area contributed by atoms with Gasteiger partial charge in [0.1, 0.15) is 0 Å². The van der Waals surface area contributed by atoms with Gasteiger partial charge in [0.25, 0.3) is 5.91 Å². The molecule has 1 amide bonds. The number of benzene rings is 1. The van der Waals surface area contributed by atoms with Crippen LogP contribution in [0.4, 0.5) is 0 Å². The maximum Gasteiger partial charge on any atom is 0.254 e. The molecule has 0 radical (unpaired) electrons. The second-order valence-corrected chi connectivity index (χ2v) is 5.60. The molecule has 1 aliphatic heterocycles. The quantitative estimate of drug-likeness (QED) is 0.862. The fourth-order valence-electron chi connectivity index (χ4n) is 2.03. The molecule has 98 valence electrons. The number of hydrogen-bond acceptors (Lipinski definition) is 3. The molecule has 0 aliphatic carbocycles. The van der Waals surface area contributed by atoms with Gasteiger partial charge >= 0.3 is 0 Å². The molecule has 0 bridgehead atoms. The van der Waals surface area contributed by atoms with E-state index in [9.17, 15) is 9.90 Å². The third kappa shape index (κ3) is 2.69. The average Bonchev–Trinajstić information content (AvgIpc) is 2.77. The summed E-state index contributed by atoms with van der Waals surface area (Å²) >= 11 is 9.26. The largest absolute Gasteiger partial charge is 0.390 e. The standard InChI is InChI=1S/C12H14BrClN2O2/c1-16(10-5-15-6-11(10)17)12(18)7-2-3-8(13)9(14)4-7/h2-4,10-11,15,17H,5-6H2,1H3/t10-,11-/m0/s1. The molecule has 0 spiro atoms. The lowest BCUT2D eigenvalue weighted by atomic mass is 10.1. The van der Waals surface area contributed by atoms with Gasteiger partial charge in [0.05, 0.1) is 17.2 Å². The number of hydrogen-bond donors (Lipinski definition) is 2. The summed E-state index contributed by atoms with van der Waals surface area (Å²) in [7, 11) is 1.69. The monoisotopic (exact) mass is 332 g/mol. The zero-order valence-corrected chi connectivity index (χ0v) is 12.2. The number of aliphatic hydroxyl groups is 1. The minimum Gasteiger partial charge on any atom is -0.390 e. The fraction of sp³-hybridized carbons (Fsp3) is 0.417. The summed E-state index contributed by atoms with van der Waals surface area (Å²) in [5.41, 5.74) is 0.518. The lowest BCUT2D eigenvalue weighted by Crippen LogP contribution is -2.44. The van der Waals surface area contributed by atoms with Gasteiger partial charge in [-0.05, 0) is 34.1 Å². The average molecular weight is 334 g/mol. The molecule has 2 rings (SSSR count). The molecule has 1 aliphatic rings. The number of carbonyl (C=O) groups is 1. The van der Waals surface area contributed by atoms with Crippen molar-refractivity contribution in [2.24, 2.45) is 0 Å². The SMILES string of the molecule is CN(C(=O)c1ccc(Br)c(Cl)c1)[C@H]1CNC[C@@H]1O. The van der Waals surface area contributed by atoms with Crippen LogP contribution >= 0.6 is 27.5 Å². The van der Waals surface area contributed by atoms with E-state index in [1.807, 2.05) is 0 Å². The molecule has 1 heterocycles. The Morgan fingerprint density at radius 3 is 2.83 bits per heavy atom. The summed E-state index contributed by atoms with van der Waals surface area (Å²) in [4.78, 5) is 13.8. The van der Waals surface area contributed by atoms with E-state index in [1.165, 1.54) is 0 Å². The Labute approximate surface area is 119 Å². The zero-order chi connectivity index (χ0) is 13.3. The van der Waals surface area contributed by atoms with E-state index < -0.39 is 6.10 Å². The Morgan fingerprint density at radius 1 is 1.56 bits per heavy atom. The number of aliphatic hydroxyl groups excluding tert-OH is 1. The van der Waals surface area contributed by atoms with Crippen LogP contribution < -0.4 is 5.32 Å². The Bertz CT molecular complexity index is 469. The number of amides is 1. The highest BCUT2D eigenvalue weighted by atomic mass is 79.9. The van der Waals surface area contributed by atoms with Crippen molar-refractivity contribution < 1.29 is 9.90 Å². The molecule has 1 saturated heterocycles. The maximum atomic E-state index is 12.3. The molecule has 18 heavy (non-hydrogen) atoms. The van der Waals surface area contributed by atoms with Gasteiger partial charge in [0.15, 0.2) is 0 Å². The van der Waals surface area contributed by atoms with Crippen LogP contribution in [0.1, 0.15) is 10.4 Å². The first-order valence-corrected chi connectivity index (χ1v) is 6.79. The Hall–Kier alpha value is -0.620. The molecule has 1 aromatic carbocycles. The normalized spacial score (nSPS) is 23.1. The van der Waals surface area contributed by atoms with Gasteiger partial charge in [-0.15, -0.1) is 0 Å². The van der Waals surface area contributed by atoms with Crippen LogP contribution in [0.3, 0.4) is 0 Å². The van der Waals surface area contributed by atoms with Gasteiger partial charge in [0, 0.05) is 30.2 Å². The van der Waals surface area contributed by atoms with E-state index in [2.05, 4.69) is 21.2 Å². The van der Waals surface area contributed by atoms with Crippen LogP contribution in [0.25, 0.3) is 0 Å². The smallest absolute Gasteiger partial charge is 0.254 e. The fourth-order valence-corrected chi connectivity index (χ4v) is 2.46. The number of carbonyl (C=O) groups excluding carboxylic acids is 1. The summed E-state index contributed by atoms with van der Waals surface area (Å²) in [6, 6.07) is 4.88. The van der Waals surface area contributed by atoms with E-state index in [1.54, 1.807) is 30.1 Å². The lowest BCUT2D eigenvalue weighted by molar-refractivity contribution is 0.0581. The lowest BCUT2D eigenvalue weighted by Gasteiger charge is -2.26. The molecule has 0 aromatic heterocycles. The Morgan fingerprint density at radius 2 is 2.28 bits per heavy atom. The topological polar surface area (TPSA) is 52.6 Å². The van der Waals surface area contributed by atoms with Crippen molar-refractivity contribution >= 4 is 33.4 Å². The molecule has 1 fully saturated rings. The molecule has 0 unspecified atom stereocenters. The van der Waals surface area contributed by atoms with Crippen molar-refractivity contribution in [3.05, 3.63) is 33.3 Å². The van der Waals surface area contributed by atoms with Crippen LogP contribution in [0, 0.1) is 0 Å². The van der Waals surface area contributed by atoms with E-state index in [-0.39, 0.29) is 11.9 Å². The molecular weight excluding hydrogens is 320 g/mol. The summed E-state index contributed by atoms with van der Waals surface area (Å²) in [5, 5.41) is 13.3. The summed E-state index contributed by atoms with van der Waals surface area (Å²) in [6.07, 6.45) is -0.523. The molecule has 4 nitrogen and oxygen atoms in total. The highest BCUT2D eigenvalue weighted by molar-refractivity contribution is 9.10. The third-order valence-electron chi connectivity index (χ3n) is 3.14. The first kappa shape index (κ1) is 13.8. The van der Waals surface area contributed by atoms with E-state index >= 15 is 0 Å². The molecule has 0 saturated carbocycles. The van der Waals surface area contributed by atoms with Crippen molar-refractivity contribution in [1.82, 2.24) is 10.2 Å². The van der Waals surface area contributed by atoms with Gasteiger partial charge in [-0.1, -0.05) is 11.6 Å². The van der Waals surface area contributed by atoms with Crippen molar-refractivity contribution in [2.45, 2.75) is 12.1 Å². The molecule has 2 atom stereocenters. The van der Waals surface area contributed by atoms with E-state index in [0.717, 1.165) is 4.47 Å². The second kappa shape index (κ2) is 5.57. The minimum atomic E-state index is -0.523. The van der Waals surface area contributed by atoms with Crippen molar-refractivity contribution in [3.63, 3.8) is 0 Å². The second-order valence-electron chi connectivity index (χ2n) is 4.34. The predicted octanol–water partition coefficient (Wildman–Crippen LogP) is 1.51.